The highest BCUT2D eigenvalue weighted by Crippen LogP contribution is 2.40. The molecule has 1 unspecified atom stereocenters. The van der Waals surface area contributed by atoms with Gasteiger partial charge in [0, 0.05) is 12.1 Å². The summed E-state index contributed by atoms with van der Waals surface area (Å²) in [5.74, 6) is 2.21. The Morgan fingerprint density at radius 3 is 2.05 bits per heavy atom. The fourth-order valence-electron chi connectivity index (χ4n) is 3.97. The normalized spacial score (nSPS) is 27.5. The van der Waals surface area contributed by atoms with Crippen LogP contribution in [0.5, 0.6) is 0 Å². The molecule has 0 aromatic heterocycles. The topological polar surface area (TPSA) is 38.0 Å². The van der Waals surface area contributed by atoms with Gasteiger partial charge in [-0.25, -0.2) is 0 Å². The zero-order chi connectivity index (χ0) is 14.7. The minimum atomic E-state index is 0.184. The van der Waals surface area contributed by atoms with Crippen LogP contribution in [0.15, 0.2) is 0 Å². The third-order valence-electron chi connectivity index (χ3n) is 5.14. The minimum Gasteiger partial charge on any atom is -0.329 e. The predicted molar refractivity (Wildman–Crippen MR) is 85.2 cm³/mol. The van der Waals surface area contributed by atoms with Crippen LogP contribution in [0.25, 0.3) is 0 Å². The maximum absolute atomic E-state index is 6.14. The summed E-state index contributed by atoms with van der Waals surface area (Å²) in [7, 11) is 0. The average Bonchev–Trinajstić information content (AvgIpc) is 2.26. The summed E-state index contributed by atoms with van der Waals surface area (Å²) in [6.07, 6.45) is 5.12. The highest BCUT2D eigenvalue weighted by atomic mass is 15.0. The number of hydrogen-bond donors (Lipinski definition) is 2. The van der Waals surface area contributed by atoms with E-state index in [9.17, 15) is 0 Å². The molecule has 0 amide bonds. The molecule has 114 valence electrons. The smallest absolute Gasteiger partial charge is 0.0309 e. The molecule has 0 aromatic carbocycles. The summed E-state index contributed by atoms with van der Waals surface area (Å²) in [5, 5.41) is 3.88. The lowest BCUT2D eigenvalue weighted by Gasteiger charge is -2.46. The molecule has 0 heterocycles. The van der Waals surface area contributed by atoms with Crippen molar-refractivity contribution in [1.29, 1.82) is 0 Å². The van der Waals surface area contributed by atoms with Gasteiger partial charge in [0.1, 0.15) is 0 Å². The van der Waals surface area contributed by atoms with Gasteiger partial charge in [-0.3, -0.25) is 0 Å². The van der Waals surface area contributed by atoms with Crippen LogP contribution in [0.3, 0.4) is 0 Å². The second-order valence-electron chi connectivity index (χ2n) is 8.21. The second-order valence-corrected chi connectivity index (χ2v) is 8.21. The molecule has 1 saturated carbocycles. The third-order valence-corrected chi connectivity index (χ3v) is 5.14. The summed E-state index contributed by atoms with van der Waals surface area (Å²) in [6.45, 7) is 16.0. The van der Waals surface area contributed by atoms with Crippen molar-refractivity contribution in [3.8, 4) is 0 Å². The lowest BCUT2D eigenvalue weighted by molar-refractivity contribution is 0.112. The molecule has 2 heteroatoms. The van der Waals surface area contributed by atoms with Gasteiger partial charge in [-0.05, 0) is 49.0 Å². The van der Waals surface area contributed by atoms with Gasteiger partial charge in [0.25, 0.3) is 0 Å². The van der Waals surface area contributed by atoms with Gasteiger partial charge in [0.05, 0.1) is 0 Å². The third kappa shape index (κ3) is 4.75. The van der Waals surface area contributed by atoms with Gasteiger partial charge in [-0.2, -0.15) is 0 Å². The minimum absolute atomic E-state index is 0.184. The van der Waals surface area contributed by atoms with Crippen molar-refractivity contribution in [2.45, 2.75) is 72.8 Å². The number of hydrogen-bond acceptors (Lipinski definition) is 2. The van der Waals surface area contributed by atoms with Crippen LogP contribution in [0, 0.1) is 23.2 Å². The molecule has 0 bridgehead atoms. The van der Waals surface area contributed by atoms with Crippen molar-refractivity contribution in [1.82, 2.24) is 5.32 Å². The molecule has 1 aliphatic rings. The molecule has 3 N–H and O–H groups in total. The Morgan fingerprint density at radius 2 is 1.63 bits per heavy atom. The molecule has 1 atom stereocenters. The average molecular weight is 268 g/mol. The maximum atomic E-state index is 6.14. The molecule has 0 saturated heterocycles. The number of rotatable bonds is 6. The molecule has 0 radical (unpaired) electrons. The molecule has 0 aromatic rings. The standard InChI is InChI=1S/C17H36N2/c1-13(2)15(14(3)4)10-19-17(12-18)9-7-8-16(5,6)11-17/h13-15,19H,7-12,18H2,1-6H3. The van der Waals surface area contributed by atoms with Crippen LogP contribution in [0.1, 0.15) is 67.2 Å². The number of nitrogens with one attached hydrogen (secondary N) is 1. The largest absolute Gasteiger partial charge is 0.329 e. The van der Waals surface area contributed by atoms with E-state index in [4.69, 9.17) is 5.73 Å². The highest BCUT2D eigenvalue weighted by Gasteiger charge is 2.39. The van der Waals surface area contributed by atoms with E-state index in [-0.39, 0.29) is 5.54 Å². The van der Waals surface area contributed by atoms with E-state index < -0.39 is 0 Å². The zero-order valence-electron chi connectivity index (χ0n) is 14.1. The van der Waals surface area contributed by atoms with Gasteiger partial charge >= 0.3 is 0 Å². The SMILES string of the molecule is CC(C)C(CNC1(CN)CCCC(C)(C)C1)C(C)C. The lowest BCUT2D eigenvalue weighted by atomic mass is 9.68. The lowest BCUT2D eigenvalue weighted by Crippen LogP contribution is -2.57. The first kappa shape index (κ1) is 17.0. The maximum Gasteiger partial charge on any atom is 0.0309 e. The van der Waals surface area contributed by atoms with E-state index in [0.717, 1.165) is 30.8 Å². The van der Waals surface area contributed by atoms with E-state index in [2.05, 4.69) is 46.9 Å². The van der Waals surface area contributed by atoms with Crippen LogP contribution in [-0.2, 0) is 0 Å². The van der Waals surface area contributed by atoms with Crippen LogP contribution < -0.4 is 11.1 Å². The van der Waals surface area contributed by atoms with E-state index in [0.29, 0.717) is 5.41 Å². The molecule has 0 spiro atoms. The summed E-state index contributed by atoms with van der Waals surface area (Å²) in [5.41, 5.74) is 6.76. The first-order valence-corrected chi connectivity index (χ1v) is 8.16. The molecular weight excluding hydrogens is 232 g/mol. The molecule has 2 nitrogen and oxygen atoms in total. The Labute approximate surface area is 120 Å². The molecule has 1 aliphatic carbocycles. The Bertz CT molecular complexity index is 262. The van der Waals surface area contributed by atoms with Crippen LogP contribution in [-0.4, -0.2) is 18.6 Å². The first-order chi connectivity index (χ1) is 8.71. The zero-order valence-corrected chi connectivity index (χ0v) is 14.1. The van der Waals surface area contributed by atoms with Crippen molar-refractivity contribution < 1.29 is 0 Å². The van der Waals surface area contributed by atoms with E-state index in [1.807, 2.05) is 0 Å². The summed E-state index contributed by atoms with van der Waals surface area (Å²) < 4.78 is 0. The molecule has 1 fully saturated rings. The fourth-order valence-corrected chi connectivity index (χ4v) is 3.97. The quantitative estimate of drug-likeness (QED) is 0.769. The second kappa shape index (κ2) is 6.58. The first-order valence-electron chi connectivity index (χ1n) is 8.16. The van der Waals surface area contributed by atoms with Gasteiger partial charge in [0.2, 0.25) is 0 Å². The van der Waals surface area contributed by atoms with Crippen molar-refractivity contribution >= 4 is 0 Å². The molecule has 19 heavy (non-hydrogen) atoms. The monoisotopic (exact) mass is 268 g/mol. The van der Waals surface area contributed by atoms with Gasteiger partial charge in [-0.1, -0.05) is 48.0 Å². The molecule has 0 aliphatic heterocycles. The van der Waals surface area contributed by atoms with Crippen molar-refractivity contribution in [2.75, 3.05) is 13.1 Å². The molecule has 1 rings (SSSR count). The van der Waals surface area contributed by atoms with Crippen LogP contribution in [0.4, 0.5) is 0 Å². The van der Waals surface area contributed by atoms with E-state index in [1.54, 1.807) is 0 Å². The van der Waals surface area contributed by atoms with Crippen molar-refractivity contribution in [2.24, 2.45) is 28.9 Å². The Morgan fingerprint density at radius 1 is 1.05 bits per heavy atom. The van der Waals surface area contributed by atoms with Crippen LogP contribution in [0.2, 0.25) is 0 Å². The summed E-state index contributed by atoms with van der Waals surface area (Å²) in [4.78, 5) is 0. The van der Waals surface area contributed by atoms with Crippen LogP contribution >= 0.6 is 0 Å². The number of nitrogens with two attached hydrogens (primary N) is 1. The van der Waals surface area contributed by atoms with Crippen molar-refractivity contribution in [3.05, 3.63) is 0 Å². The molecular formula is C17H36N2. The predicted octanol–water partition coefficient (Wildman–Crippen LogP) is 3.80. The van der Waals surface area contributed by atoms with Gasteiger partial charge < -0.3 is 11.1 Å². The van der Waals surface area contributed by atoms with Crippen molar-refractivity contribution in [3.63, 3.8) is 0 Å². The van der Waals surface area contributed by atoms with E-state index in [1.165, 1.54) is 25.7 Å². The van der Waals surface area contributed by atoms with Gasteiger partial charge in [-0.15, -0.1) is 0 Å². The highest BCUT2D eigenvalue weighted by molar-refractivity contribution is 4.98. The summed E-state index contributed by atoms with van der Waals surface area (Å²) in [6, 6.07) is 0. The van der Waals surface area contributed by atoms with E-state index >= 15 is 0 Å². The van der Waals surface area contributed by atoms with Gasteiger partial charge in [0.15, 0.2) is 0 Å². The Hall–Kier alpha value is -0.0800. The summed E-state index contributed by atoms with van der Waals surface area (Å²) >= 11 is 0. The Kier molecular flexibility index (Phi) is 5.88. The fraction of sp³-hybridized carbons (Fsp3) is 1.00. The Balaban J connectivity index is 2.66.